The first-order valence-corrected chi connectivity index (χ1v) is 8.57. The van der Waals surface area contributed by atoms with Gasteiger partial charge in [0.15, 0.2) is 0 Å². The Morgan fingerprint density at radius 1 is 0.897 bits per heavy atom. The average molecular weight is 446 g/mol. The van der Waals surface area contributed by atoms with Crippen molar-refractivity contribution in [3.63, 3.8) is 0 Å². The number of aliphatic hydroxyl groups is 1. The first-order valence-electron chi connectivity index (χ1n) is 8.57. The fraction of sp³-hybridized carbons (Fsp3) is 0.765. The summed E-state index contributed by atoms with van der Waals surface area (Å²) in [5, 5.41) is 9.43. The second-order valence-electron chi connectivity index (χ2n) is 7.66. The molecule has 0 radical (unpaired) electrons. The molecule has 2 aliphatic carbocycles. The van der Waals surface area contributed by atoms with Gasteiger partial charge in [-0.15, -0.1) is 0 Å². The van der Waals surface area contributed by atoms with Crippen molar-refractivity contribution in [2.75, 3.05) is 0 Å². The molecule has 0 aromatic rings. The second kappa shape index (κ2) is 7.42. The highest BCUT2D eigenvalue weighted by Crippen LogP contribution is 2.58. The Hall–Kier alpha value is -1.33. The highest BCUT2D eigenvalue weighted by atomic mass is 19.4. The fourth-order valence-corrected chi connectivity index (χ4v) is 4.53. The summed E-state index contributed by atoms with van der Waals surface area (Å²) in [6, 6.07) is 0. The fourth-order valence-electron chi connectivity index (χ4n) is 4.53. The minimum atomic E-state index is -6.75. The zero-order valence-corrected chi connectivity index (χ0v) is 14.7. The molecule has 2 rings (SSSR count). The average Bonchev–Trinajstić information content (AvgIpc) is 3.18. The third-order valence-corrected chi connectivity index (χ3v) is 5.99. The molecular formula is C17H17F11O. The number of allylic oxidation sites excluding steroid dienone is 2. The molecule has 1 nitrogen and oxygen atoms in total. The monoisotopic (exact) mass is 446 g/mol. The summed E-state index contributed by atoms with van der Waals surface area (Å²) in [4.78, 5) is 0. The minimum absolute atomic E-state index is 0.102. The summed E-state index contributed by atoms with van der Waals surface area (Å²) in [5.41, 5.74) is -6.63. The molecule has 0 aromatic heterocycles. The highest BCUT2D eigenvalue weighted by Gasteiger charge is 2.78. The number of hydrogen-bond donors (Lipinski definition) is 1. The Kier molecular flexibility index (Phi) is 6.13. The van der Waals surface area contributed by atoms with E-state index in [4.69, 9.17) is 0 Å². The summed E-state index contributed by atoms with van der Waals surface area (Å²) in [7, 11) is 0. The number of hydrogen-bond acceptors (Lipinski definition) is 1. The predicted octanol–water partition coefficient (Wildman–Crippen LogP) is 6.55. The molecule has 0 spiro atoms. The van der Waals surface area contributed by atoms with Crippen LogP contribution in [0.25, 0.3) is 0 Å². The van der Waals surface area contributed by atoms with Crippen LogP contribution in [0, 0.1) is 23.7 Å². The normalized spacial score (nSPS) is 26.6. The molecule has 4 unspecified atom stereocenters. The lowest BCUT2D eigenvalue weighted by atomic mass is 9.72. The SMILES string of the molecule is C=C(CC(C(F)(F)C(F)=C(F)F)C(O)(C(F)(F)F)C(F)(F)F)C1CC2CCC1C2. The van der Waals surface area contributed by atoms with E-state index in [1.54, 1.807) is 0 Å². The number of halogens is 11. The highest BCUT2D eigenvalue weighted by molar-refractivity contribution is 5.20. The lowest BCUT2D eigenvalue weighted by molar-refractivity contribution is -0.399. The van der Waals surface area contributed by atoms with Crippen LogP contribution >= 0.6 is 0 Å². The van der Waals surface area contributed by atoms with Crippen LogP contribution in [0.4, 0.5) is 48.3 Å². The Bertz CT molecular complexity index is 658. The van der Waals surface area contributed by atoms with Crippen LogP contribution in [-0.2, 0) is 0 Å². The second-order valence-corrected chi connectivity index (χ2v) is 7.66. The molecule has 4 atom stereocenters. The van der Waals surface area contributed by atoms with Gasteiger partial charge in [0.1, 0.15) is 0 Å². The van der Waals surface area contributed by atoms with Gasteiger partial charge in [-0.25, -0.2) is 0 Å². The van der Waals surface area contributed by atoms with Crippen molar-refractivity contribution in [3.05, 3.63) is 24.1 Å². The van der Waals surface area contributed by atoms with Crippen LogP contribution in [0.15, 0.2) is 24.1 Å². The van der Waals surface area contributed by atoms with Gasteiger partial charge in [0.2, 0.25) is 5.83 Å². The van der Waals surface area contributed by atoms with Gasteiger partial charge in [-0.2, -0.15) is 48.3 Å². The summed E-state index contributed by atoms with van der Waals surface area (Å²) >= 11 is 0. The lowest BCUT2D eigenvalue weighted by Gasteiger charge is -2.42. The van der Waals surface area contributed by atoms with E-state index in [2.05, 4.69) is 6.58 Å². The van der Waals surface area contributed by atoms with Crippen molar-refractivity contribution in [1.82, 2.24) is 0 Å². The van der Waals surface area contributed by atoms with Crippen LogP contribution in [-0.4, -0.2) is 29.0 Å². The summed E-state index contributed by atoms with van der Waals surface area (Å²) < 4.78 is 146. The zero-order valence-electron chi connectivity index (χ0n) is 14.7. The molecule has 0 saturated heterocycles. The third kappa shape index (κ3) is 4.00. The summed E-state index contributed by atoms with van der Waals surface area (Å²) in [5.74, 6) is -14.8. The van der Waals surface area contributed by atoms with E-state index in [1.165, 1.54) is 0 Å². The van der Waals surface area contributed by atoms with Crippen LogP contribution in [0.5, 0.6) is 0 Å². The van der Waals surface area contributed by atoms with Crippen molar-refractivity contribution >= 4 is 0 Å². The van der Waals surface area contributed by atoms with Gasteiger partial charge in [-0.3, -0.25) is 0 Å². The van der Waals surface area contributed by atoms with Gasteiger partial charge in [0.25, 0.3) is 5.60 Å². The van der Waals surface area contributed by atoms with E-state index in [0.29, 0.717) is 12.8 Å². The molecule has 2 aliphatic rings. The topological polar surface area (TPSA) is 20.2 Å². The van der Waals surface area contributed by atoms with Crippen LogP contribution in [0.2, 0.25) is 0 Å². The van der Waals surface area contributed by atoms with Crippen LogP contribution < -0.4 is 0 Å². The van der Waals surface area contributed by atoms with E-state index >= 15 is 0 Å². The summed E-state index contributed by atoms with van der Waals surface area (Å²) in [6.07, 6.45) is -16.9. The van der Waals surface area contributed by atoms with E-state index < -0.39 is 59.6 Å². The van der Waals surface area contributed by atoms with E-state index in [0.717, 1.165) is 6.42 Å². The summed E-state index contributed by atoms with van der Waals surface area (Å²) in [6.45, 7) is 3.29. The molecule has 29 heavy (non-hydrogen) atoms. The van der Waals surface area contributed by atoms with E-state index in [1.807, 2.05) is 0 Å². The van der Waals surface area contributed by atoms with E-state index in [9.17, 15) is 53.4 Å². The Morgan fingerprint density at radius 2 is 1.41 bits per heavy atom. The van der Waals surface area contributed by atoms with Gasteiger partial charge >= 0.3 is 24.4 Å². The molecule has 1 N–H and O–H groups in total. The van der Waals surface area contributed by atoms with Gasteiger partial charge < -0.3 is 5.11 Å². The quantitative estimate of drug-likeness (QED) is 0.362. The third-order valence-electron chi connectivity index (χ3n) is 5.99. The van der Waals surface area contributed by atoms with Gasteiger partial charge in [-0.1, -0.05) is 18.6 Å². The first-order chi connectivity index (χ1) is 12.9. The maximum absolute atomic E-state index is 14.2. The Balaban J connectivity index is 2.54. The first kappa shape index (κ1) is 23.9. The largest absolute Gasteiger partial charge is 0.426 e. The number of alkyl halides is 8. The molecule has 168 valence electrons. The minimum Gasteiger partial charge on any atom is -0.373 e. The molecule has 0 aromatic carbocycles. The van der Waals surface area contributed by atoms with Crippen molar-refractivity contribution in [2.24, 2.45) is 23.7 Å². The zero-order chi connectivity index (χ0) is 22.6. The molecule has 0 heterocycles. The van der Waals surface area contributed by atoms with Crippen LogP contribution in [0.3, 0.4) is 0 Å². The van der Waals surface area contributed by atoms with Gasteiger partial charge in [-0.05, 0) is 43.4 Å². The van der Waals surface area contributed by atoms with Gasteiger partial charge in [0, 0.05) is 0 Å². The maximum Gasteiger partial charge on any atom is 0.426 e. The van der Waals surface area contributed by atoms with Crippen LogP contribution in [0.1, 0.15) is 32.1 Å². The smallest absolute Gasteiger partial charge is 0.373 e. The number of rotatable bonds is 6. The Morgan fingerprint density at radius 3 is 1.76 bits per heavy atom. The predicted molar refractivity (Wildman–Crippen MR) is 78.5 cm³/mol. The van der Waals surface area contributed by atoms with E-state index in [-0.39, 0.29) is 18.3 Å². The lowest BCUT2D eigenvalue weighted by Crippen LogP contribution is -2.65. The van der Waals surface area contributed by atoms with Gasteiger partial charge in [0.05, 0.1) is 5.92 Å². The van der Waals surface area contributed by atoms with Crippen molar-refractivity contribution in [1.29, 1.82) is 0 Å². The standard InChI is InChI=1S/C17H17F11O/c1-7(10-6-8-2-3-9(10)5-8)4-11(14(21,22)12(18)13(19)20)15(29,16(23,24)25)17(26,27)28/h8-11,29H,1-6H2. The van der Waals surface area contributed by atoms with Crippen molar-refractivity contribution in [3.8, 4) is 0 Å². The number of fused-ring (bicyclic) bond motifs is 2. The molecule has 12 heteroatoms. The molecule has 0 aliphatic heterocycles. The Labute approximate surface area is 158 Å². The van der Waals surface area contributed by atoms with Crippen molar-refractivity contribution < 1.29 is 53.4 Å². The maximum atomic E-state index is 14.2. The molecule has 2 bridgehead atoms. The van der Waals surface area contributed by atoms with Crippen molar-refractivity contribution in [2.45, 2.75) is 56.0 Å². The molecule has 0 amide bonds. The molecule has 2 fully saturated rings. The molecular weight excluding hydrogens is 429 g/mol. The molecule has 2 saturated carbocycles.